The SMILES string of the molecule is CCCCOC(CC)C(=O)CCCCCOC(C)CC. The number of rotatable bonds is 14. The van der Waals surface area contributed by atoms with Crippen molar-refractivity contribution in [2.45, 2.75) is 91.3 Å². The maximum Gasteiger partial charge on any atom is 0.161 e. The van der Waals surface area contributed by atoms with Crippen LogP contribution in [0.4, 0.5) is 0 Å². The van der Waals surface area contributed by atoms with Crippen LogP contribution in [-0.2, 0) is 14.3 Å². The predicted molar refractivity (Wildman–Crippen MR) is 84.1 cm³/mol. The van der Waals surface area contributed by atoms with Crippen LogP contribution in [0.3, 0.4) is 0 Å². The number of carbonyl (C=O) groups is 1. The van der Waals surface area contributed by atoms with Crippen LogP contribution < -0.4 is 0 Å². The normalized spacial score (nSPS) is 14.2. The molecule has 0 aliphatic heterocycles. The largest absolute Gasteiger partial charge is 0.379 e. The van der Waals surface area contributed by atoms with E-state index in [1.807, 2.05) is 6.92 Å². The van der Waals surface area contributed by atoms with Gasteiger partial charge < -0.3 is 9.47 Å². The van der Waals surface area contributed by atoms with Crippen molar-refractivity contribution in [3.63, 3.8) is 0 Å². The fourth-order valence-corrected chi connectivity index (χ4v) is 1.95. The third-order valence-corrected chi connectivity index (χ3v) is 3.59. The van der Waals surface area contributed by atoms with Crippen molar-refractivity contribution in [3.05, 3.63) is 0 Å². The molecule has 2 unspecified atom stereocenters. The van der Waals surface area contributed by atoms with Gasteiger partial charge in [-0.1, -0.05) is 33.6 Å². The molecule has 0 saturated heterocycles. The van der Waals surface area contributed by atoms with E-state index < -0.39 is 0 Å². The van der Waals surface area contributed by atoms with Gasteiger partial charge >= 0.3 is 0 Å². The molecule has 0 saturated carbocycles. The predicted octanol–water partition coefficient (Wildman–Crippen LogP) is 4.53. The summed E-state index contributed by atoms with van der Waals surface area (Å²) in [4.78, 5) is 12.0. The Bertz CT molecular complexity index is 228. The molecule has 0 aromatic rings. The molecule has 0 fully saturated rings. The Morgan fingerprint density at radius 2 is 1.60 bits per heavy atom. The third-order valence-electron chi connectivity index (χ3n) is 3.59. The maximum atomic E-state index is 12.0. The molecule has 0 aliphatic rings. The number of hydrogen-bond acceptors (Lipinski definition) is 3. The Morgan fingerprint density at radius 3 is 2.20 bits per heavy atom. The van der Waals surface area contributed by atoms with Crippen LogP contribution in [0.15, 0.2) is 0 Å². The molecule has 0 rings (SSSR count). The van der Waals surface area contributed by atoms with Crippen molar-refractivity contribution in [2.75, 3.05) is 13.2 Å². The number of Topliss-reactive ketones (excluding diaryl/α,β-unsaturated/α-hetero) is 1. The summed E-state index contributed by atoms with van der Waals surface area (Å²) in [7, 11) is 0. The van der Waals surface area contributed by atoms with Gasteiger partial charge in [0.1, 0.15) is 6.10 Å². The second-order valence-electron chi connectivity index (χ2n) is 5.49. The minimum Gasteiger partial charge on any atom is -0.379 e. The molecular formula is C17H34O3. The van der Waals surface area contributed by atoms with Gasteiger partial charge in [0.25, 0.3) is 0 Å². The van der Waals surface area contributed by atoms with Gasteiger partial charge in [0.15, 0.2) is 5.78 Å². The van der Waals surface area contributed by atoms with Crippen LogP contribution in [0.1, 0.15) is 79.1 Å². The first kappa shape index (κ1) is 19.6. The van der Waals surface area contributed by atoms with Gasteiger partial charge in [-0.3, -0.25) is 4.79 Å². The van der Waals surface area contributed by atoms with E-state index in [4.69, 9.17) is 9.47 Å². The van der Waals surface area contributed by atoms with Gasteiger partial charge in [-0.2, -0.15) is 0 Å². The lowest BCUT2D eigenvalue weighted by Gasteiger charge is -2.15. The Labute approximate surface area is 125 Å². The summed E-state index contributed by atoms with van der Waals surface area (Å²) in [5.41, 5.74) is 0. The van der Waals surface area contributed by atoms with Gasteiger partial charge in [0.2, 0.25) is 0 Å². The Hall–Kier alpha value is -0.410. The number of carbonyl (C=O) groups excluding carboxylic acids is 1. The van der Waals surface area contributed by atoms with Crippen molar-refractivity contribution in [1.82, 2.24) is 0 Å². The summed E-state index contributed by atoms with van der Waals surface area (Å²) in [6.45, 7) is 9.91. The zero-order chi connectivity index (χ0) is 15.2. The van der Waals surface area contributed by atoms with Gasteiger partial charge in [-0.15, -0.1) is 0 Å². The highest BCUT2D eigenvalue weighted by Gasteiger charge is 2.15. The lowest BCUT2D eigenvalue weighted by molar-refractivity contribution is -0.131. The van der Waals surface area contributed by atoms with Crippen LogP contribution in [0.5, 0.6) is 0 Å². The molecule has 0 radical (unpaired) electrons. The highest BCUT2D eigenvalue weighted by Crippen LogP contribution is 2.09. The second-order valence-corrected chi connectivity index (χ2v) is 5.49. The molecule has 0 bridgehead atoms. The smallest absolute Gasteiger partial charge is 0.161 e. The summed E-state index contributed by atoms with van der Waals surface area (Å²) >= 11 is 0. The Balaban J connectivity index is 3.59. The average Bonchev–Trinajstić information content (AvgIpc) is 2.46. The molecule has 0 aromatic heterocycles. The van der Waals surface area contributed by atoms with Gasteiger partial charge in [0.05, 0.1) is 6.10 Å². The first-order valence-electron chi connectivity index (χ1n) is 8.41. The van der Waals surface area contributed by atoms with Crippen LogP contribution in [0, 0.1) is 0 Å². The third kappa shape index (κ3) is 10.4. The van der Waals surface area contributed by atoms with Gasteiger partial charge in [-0.25, -0.2) is 0 Å². The fourth-order valence-electron chi connectivity index (χ4n) is 1.95. The van der Waals surface area contributed by atoms with Gasteiger partial charge in [0, 0.05) is 19.6 Å². The van der Waals surface area contributed by atoms with Crippen molar-refractivity contribution in [1.29, 1.82) is 0 Å². The minimum absolute atomic E-state index is 0.182. The van der Waals surface area contributed by atoms with E-state index in [0.717, 1.165) is 51.6 Å². The van der Waals surface area contributed by atoms with Crippen molar-refractivity contribution >= 4 is 5.78 Å². The van der Waals surface area contributed by atoms with E-state index in [2.05, 4.69) is 20.8 Å². The Kier molecular flexibility index (Phi) is 13.3. The van der Waals surface area contributed by atoms with Crippen LogP contribution >= 0.6 is 0 Å². The molecule has 0 amide bonds. The molecule has 0 aliphatic carbocycles. The lowest BCUT2D eigenvalue weighted by atomic mass is 10.1. The summed E-state index contributed by atoms with van der Waals surface area (Å²) in [5.74, 6) is 0.270. The van der Waals surface area contributed by atoms with Crippen LogP contribution in [0.25, 0.3) is 0 Å². The quantitative estimate of drug-likeness (QED) is 0.440. The summed E-state index contributed by atoms with van der Waals surface area (Å²) < 4.78 is 11.3. The molecule has 20 heavy (non-hydrogen) atoms. The second kappa shape index (κ2) is 13.6. The monoisotopic (exact) mass is 286 g/mol. The first-order chi connectivity index (χ1) is 9.65. The van der Waals surface area contributed by atoms with Crippen LogP contribution in [0.2, 0.25) is 0 Å². The molecule has 0 aromatic carbocycles. The van der Waals surface area contributed by atoms with Crippen molar-refractivity contribution in [2.24, 2.45) is 0 Å². The first-order valence-corrected chi connectivity index (χ1v) is 8.41. The van der Waals surface area contributed by atoms with E-state index in [-0.39, 0.29) is 11.9 Å². The van der Waals surface area contributed by atoms with Crippen LogP contribution in [-0.4, -0.2) is 31.2 Å². The molecule has 0 heterocycles. The summed E-state index contributed by atoms with van der Waals surface area (Å²) in [5, 5.41) is 0. The molecule has 3 heteroatoms. The average molecular weight is 286 g/mol. The number of ether oxygens (including phenoxy) is 2. The maximum absolute atomic E-state index is 12.0. The highest BCUT2D eigenvalue weighted by atomic mass is 16.5. The molecule has 0 N–H and O–H groups in total. The van der Waals surface area contributed by atoms with E-state index in [9.17, 15) is 4.79 Å². The van der Waals surface area contributed by atoms with E-state index in [1.54, 1.807) is 0 Å². The molecule has 2 atom stereocenters. The van der Waals surface area contributed by atoms with Crippen molar-refractivity contribution < 1.29 is 14.3 Å². The summed E-state index contributed by atoms with van der Waals surface area (Å²) in [6.07, 6.45) is 7.89. The van der Waals surface area contributed by atoms with E-state index in [0.29, 0.717) is 19.1 Å². The molecular weight excluding hydrogens is 252 g/mol. The van der Waals surface area contributed by atoms with Crippen molar-refractivity contribution in [3.8, 4) is 0 Å². The highest BCUT2D eigenvalue weighted by molar-refractivity contribution is 5.82. The molecule has 3 nitrogen and oxygen atoms in total. The van der Waals surface area contributed by atoms with E-state index >= 15 is 0 Å². The number of ketones is 1. The standard InChI is InChI=1S/C17H34O3/c1-5-8-13-20-17(7-3)16(18)12-10-9-11-14-19-15(4)6-2/h15,17H,5-14H2,1-4H3. The zero-order valence-corrected chi connectivity index (χ0v) is 14.0. The van der Waals surface area contributed by atoms with E-state index in [1.165, 1.54) is 0 Å². The minimum atomic E-state index is -0.182. The summed E-state index contributed by atoms with van der Waals surface area (Å²) in [6, 6.07) is 0. The number of unbranched alkanes of at least 4 members (excludes halogenated alkanes) is 3. The number of hydrogen-bond donors (Lipinski definition) is 0. The Morgan fingerprint density at radius 1 is 0.900 bits per heavy atom. The topological polar surface area (TPSA) is 35.5 Å². The molecule has 0 spiro atoms. The molecule has 120 valence electrons. The zero-order valence-electron chi connectivity index (χ0n) is 14.0. The van der Waals surface area contributed by atoms with Gasteiger partial charge in [-0.05, 0) is 39.0 Å². The lowest BCUT2D eigenvalue weighted by Crippen LogP contribution is -2.24. The fraction of sp³-hybridized carbons (Fsp3) is 0.941.